The van der Waals surface area contributed by atoms with E-state index in [2.05, 4.69) is 54.9 Å². The highest BCUT2D eigenvalue weighted by molar-refractivity contribution is 7.19. The zero-order chi connectivity index (χ0) is 10.4. The lowest BCUT2D eigenvalue weighted by Gasteiger charge is -1.95. The first kappa shape index (κ1) is 8.86. The molecule has 0 saturated carbocycles. The summed E-state index contributed by atoms with van der Waals surface area (Å²) in [6.07, 6.45) is 0. The van der Waals surface area contributed by atoms with E-state index in [4.69, 9.17) is 0 Å². The van der Waals surface area contributed by atoms with Crippen LogP contribution < -0.4 is 4.57 Å². The van der Waals surface area contributed by atoms with Crippen LogP contribution in [0.15, 0.2) is 36.4 Å². The minimum Gasteiger partial charge on any atom is -0.189 e. The van der Waals surface area contributed by atoms with Crippen molar-refractivity contribution in [3.8, 4) is 0 Å². The molecule has 0 amide bonds. The Morgan fingerprint density at radius 1 is 1.07 bits per heavy atom. The van der Waals surface area contributed by atoms with Crippen molar-refractivity contribution in [2.75, 3.05) is 0 Å². The molecule has 0 radical (unpaired) electrons. The fourth-order valence-corrected chi connectivity index (χ4v) is 3.12. The molecule has 74 valence electrons. The van der Waals surface area contributed by atoms with Crippen LogP contribution in [-0.2, 0) is 7.05 Å². The van der Waals surface area contributed by atoms with Crippen LogP contribution in [0.3, 0.4) is 0 Å². The Bertz CT molecular complexity index is 652. The minimum atomic E-state index is 1.33. The molecule has 2 heteroatoms. The standard InChI is InChI=1S/C13H12NS/c1-9-14(2)12-8-7-10-5-3-4-6-11(10)13(12)15-9/h3-8H,1-2H3/q+1. The number of fused-ring (bicyclic) bond motifs is 3. The van der Waals surface area contributed by atoms with E-state index in [1.165, 1.54) is 26.0 Å². The highest BCUT2D eigenvalue weighted by atomic mass is 32.1. The van der Waals surface area contributed by atoms with Gasteiger partial charge in [-0.15, -0.1) is 0 Å². The lowest BCUT2D eigenvalue weighted by molar-refractivity contribution is -0.646. The topological polar surface area (TPSA) is 3.88 Å². The minimum absolute atomic E-state index is 1.33. The third kappa shape index (κ3) is 1.18. The predicted octanol–water partition coefficient (Wildman–Crippen LogP) is 3.19. The average Bonchev–Trinajstić information content (AvgIpc) is 2.56. The molecule has 0 spiro atoms. The molecule has 0 unspecified atom stereocenters. The first-order valence-corrected chi connectivity index (χ1v) is 5.86. The molecule has 2 aromatic carbocycles. The van der Waals surface area contributed by atoms with Gasteiger partial charge < -0.3 is 0 Å². The van der Waals surface area contributed by atoms with E-state index in [0.29, 0.717) is 0 Å². The lowest BCUT2D eigenvalue weighted by Crippen LogP contribution is -2.28. The molecule has 0 fully saturated rings. The van der Waals surface area contributed by atoms with Gasteiger partial charge in [0.05, 0.1) is 0 Å². The van der Waals surface area contributed by atoms with Crippen LogP contribution in [0.2, 0.25) is 0 Å². The van der Waals surface area contributed by atoms with Crippen molar-refractivity contribution in [3.63, 3.8) is 0 Å². The molecule has 0 saturated heterocycles. The number of aromatic nitrogens is 1. The van der Waals surface area contributed by atoms with Gasteiger partial charge >= 0.3 is 0 Å². The number of thiazole rings is 1. The lowest BCUT2D eigenvalue weighted by atomic mass is 10.1. The third-order valence-electron chi connectivity index (χ3n) is 2.94. The summed E-state index contributed by atoms with van der Waals surface area (Å²) in [4.78, 5) is 0. The summed E-state index contributed by atoms with van der Waals surface area (Å²) in [5, 5.41) is 4.04. The summed E-state index contributed by atoms with van der Waals surface area (Å²) in [5.74, 6) is 0. The maximum Gasteiger partial charge on any atom is 0.234 e. The van der Waals surface area contributed by atoms with Gasteiger partial charge in [0.2, 0.25) is 10.5 Å². The average molecular weight is 214 g/mol. The monoisotopic (exact) mass is 214 g/mol. The molecular formula is C13H12NS+. The number of aryl methyl sites for hydroxylation is 2. The number of hydrogen-bond donors (Lipinski definition) is 0. The van der Waals surface area contributed by atoms with Gasteiger partial charge in [0.1, 0.15) is 11.7 Å². The molecule has 1 heterocycles. The van der Waals surface area contributed by atoms with Gasteiger partial charge in [-0.05, 0) is 11.5 Å². The Balaban J connectivity index is 2.60. The number of hydrogen-bond acceptors (Lipinski definition) is 1. The molecule has 0 aliphatic rings. The van der Waals surface area contributed by atoms with Crippen LogP contribution in [0.25, 0.3) is 21.0 Å². The SMILES string of the molecule is Cc1sc2c3ccccc3ccc2[n+]1C. The van der Waals surface area contributed by atoms with Crippen molar-refractivity contribution < 1.29 is 4.57 Å². The normalized spacial score (nSPS) is 11.3. The maximum absolute atomic E-state index is 2.26. The second-order valence-electron chi connectivity index (χ2n) is 3.82. The van der Waals surface area contributed by atoms with Gasteiger partial charge in [-0.25, -0.2) is 0 Å². The van der Waals surface area contributed by atoms with E-state index in [1.54, 1.807) is 0 Å². The van der Waals surface area contributed by atoms with Gasteiger partial charge in [-0.1, -0.05) is 35.6 Å². The summed E-state index contributed by atoms with van der Waals surface area (Å²) in [7, 11) is 2.13. The Morgan fingerprint density at radius 2 is 1.87 bits per heavy atom. The Hall–Kier alpha value is -1.41. The first-order chi connectivity index (χ1) is 7.27. The maximum atomic E-state index is 2.26. The molecule has 0 N–H and O–H groups in total. The van der Waals surface area contributed by atoms with E-state index in [1.807, 2.05) is 11.3 Å². The highest BCUT2D eigenvalue weighted by Gasteiger charge is 2.14. The largest absolute Gasteiger partial charge is 0.234 e. The van der Waals surface area contributed by atoms with Crippen LogP contribution in [0, 0.1) is 6.92 Å². The summed E-state index contributed by atoms with van der Waals surface area (Å²) in [6.45, 7) is 2.17. The molecular weight excluding hydrogens is 202 g/mol. The van der Waals surface area contributed by atoms with Crippen molar-refractivity contribution in [1.82, 2.24) is 0 Å². The Labute approximate surface area is 92.6 Å². The molecule has 3 rings (SSSR count). The second kappa shape index (κ2) is 3.04. The molecule has 1 nitrogen and oxygen atoms in total. The van der Waals surface area contributed by atoms with E-state index in [0.717, 1.165) is 0 Å². The molecule has 0 aliphatic heterocycles. The van der Waals surface area contributed by atoms with Gasteiger partial charge in [0.25, 0.3) is 0 Å². The van der Waals surface area contributed by atoms with E-state index in [9.17, 15) is 0 Å². The van der Waals surface area contributed by atoms with Crippen molar-refractivity contribution >= 4 is 32.3 Å². The first-order valence-electron chi connectivity index (χ1n) is 5.04. The zero-order valence-electron chi connectivity index (χ0n) is 8.82. The van der Waals surface area contributed by atoms with Gasteiger partial charge in [0, 0.05) is 18.4 Å². The fraction of sp³-hybridized carbons (Fsp3) is 0.154. The Morgan fingerprint density at radius 3 is 2.73 bits per heavy atom. The quantitative estimate of drug-likeness (QED) is 0.506. The van der Waals surface area contributed by atoms with Gasteiger partial charge in [-0.3, -0.25) is 0 Å². The zero-order valence-corrected chi connectivity index (χ0v) is 9.64. The summed E-state index contributed by atoms with van der Waals surface area (Å²) < 4.78 is 3.65. The fourth-order valence-electron chi connectivity index (χ4n) is 1.99. The molecule has 3 aromatic rings. The predicted molar refractivity (Wildman–Crippen MR) is 65.2 cm³/mol. The smallest absolute Gasteiger partial charge is 0.189 e. The van der Waals surface area contributed by atoms with E-state index < -0.39 is 0 Å². The van der Waals surface area contributed by atoms with Crippen LogP contribution in [0.4, 0.5) is 0 Å². The number of nitrogens with zero attached hydrogens (tertiary/aromatic N) is 1. The van der Waals surface area contributed by atoms with Crippen molar-refractivity contribution in [1.29, 1.82) is 0 Å². The van der Waals surface area contributed by atoms with Crippen LogP contribution in [0.1, 0.15) is 5.01 Å². The summed E-state index contributed by atoms with van der Waals surface area (Å²) in [5.41, 5.74) is 1.33. The second-order valence-corrected chi connectivity index (χ2v) is 5.02. The number of rotatable bonds is 0. The van der Waals surface area contributed by atoms with Gasteiger partial charge in [0.15, 0.2) is 0 Å². The highest BCUT2D eigenvalue weighted by Crippen LogP contribution is 2.28. The number of benzene rings is 2. The van der Waals surface area contributed by atoms with Crippen LogP contribution in [0.5, 0.6) is 0 Å². The van der Waals surface area contributed by atoms with Crippen molar-refractivity contribution in [2.45, 2.75) is 6.92 Å². The molecule has 0 atom stereocenters. The summed E-state index contributed by atoms with van der Waals surface area (Å²) >= 11 is 1.87. The molecule has 15 heavy (non-hydrogen) atoms. The van der Waals surface area contributed by atoms with Crippen LogP contribution in [-0.4, -0.2) is 0 Å². The van der Waals surface area contributed by atoms with E-state index in [-0.39, 0.29) is 0 Å². The summed E-state index contributed by atoms with van der Waals surface area (Å²) in [6, 6.07) is 13.0. The van der Waals surface area contributed by atoms with Crippen LogP contribution >= 0.6 is 11.3 Å². The molecule has 0 aliphatic carbocycles. The van der Waals surface area contributed by atoms with Gasteiger partial charge in [-0.2, -0.15) is 4.57 Å². The van der Waals surface area contributed by atoms with E-state index >= 15 is 0 Å². The Kier molecular flexibility index (Phi) is 1.80. The molecule has 1 aromatic heterocycles. The van der Waals surface area contributed by atoms with Crippen molar-refractivity contribution in [2.24, 2.45) is 7.05 Å². The third-order valence-corrected chi connectivity index (χ3v) is 4.14. The molecule has 0 bridgehead atoms. The van der Waals surface area contributed by atoms with Crippen molar-refractivity contribution in [3.05, 3.63) is 41.4 Å².